The molecule has 0 saturated carbocycles. The molecule has 1 atom stereocenters. The molecule has 0 N–H and O–H groups in total. The van der Waals surface area contributed by atoms with Crippen LogP contribution in [0.15, 0.2) is 48.5 Å². The number of amides is 1. The maximum atomic E-state index is 12.7. The fraction of sp³-hybridized carbons (Fsp3) is 0.350. The second-order valence-electron chi connectivity index (χ2n) is 6.02. The number of ether oxygens (including phenoxy) is 1. The van der Waals surface area contributed by atoms with E-state index < -0.39 is 6.10 Å². The van der Waals surface area contributed by atoms with Gasteiger partial charge < -0.3 is 9.64 Å². The molecular formula is C20H25NO2. The lowest BCUT2D eigenvalue weighted by molar-refractivity contribution is -0.138. The lowest BCUT2D eigenvalue weighted by Crippen LogP contribution is -2.39. The van der Waals surface area contributed by atoms with Gasteiger partial charge in [-0.1, -0.05) is 43.3 Å². The molecule has 0 fully saturated rings. The lowest BCUT2D eigenvalue weighted by atomic mass is 10.1. The quantitative estimate of drug-likeness (QED) is 0.803. The summed E-state index contributed by atoms with van der Waals surface area (Å²) in [5.41, 5.74) is 3.39. The number of aryl methyl sites for hydroxylation is 2. The molecule has 2 aromatic rings. The zero-order chi connectivity index (χ0) is 16.8. The third-order valence-electron chi connectivity index (χ3n) is 3.76. The molecule has 0 aromatic heterocycles. The van der Waals surface area contributed by atoms with Crippen LogP contribution in [0.4, 0.5) is 0 Å². The number of nitrogens with zero attached hydrogens (tertiary/aromatic N) is 1. The average Bonchev–Trinajstić information content (AvgIpc) is 2.52. The van der Waals surface area contributed by atoms with Crippen LogP contribution in [-0.4, -0.2) is 24.0 Å². The van der Waals surface area contributed by atoms with Crippen molar-refractivity contribution in [3.8, 4) is 5.75 Å². The van der Waals surface area contributed by atoms with Gasteiger partial charge in [-0.25, -0.2) is 0 Å². The van der Waals surface area contributed by atoms with Crippen LogP contribution in [0.2, 0.25) is 0 Å². The van der Waals surface area contributed by atoms with E-state index in [2.05, 4.69) is 6.07 Å². The van der Waals surface area contributed by atoms with Crippen molar-refractivity contribution >= 4 is 5.91 Å². The summed E-state index contributed by atoms with van der Waals surface area (Å²) in [5.74, 6) is 0.770. The van der Waals surface area contributed by atoms with Gasteiger partial charge in [0.1, 0.15) is 5.75 Å². The Balaban J connectivity index is 2.05. The van der Waals surface area contributed by atoms with Gasteiger partial charge in [0, 0.05) is 13.6 Å². The van der Waals surface area contributed by atoms with Crippen molar-refractivity contribution in [1.29, 1.82) is 0 Å². The first-order valence-corrected chi connectivity index (χ1v) is 8.03. The second-order valence-corrected chi connectivity index (χ2v) is 6.02. The molecule has 2 aromatic carbocycles. The van der Waals surface area contributed by atoms with E-state index in [0.29, 0.717) is 13.0 Å². The molecule has 0 aliphatic carbocycles. The summed E-state index contributed by atoms with van der Waals surface area (Å²) in [6, 6.07) is 16.0. The Morgan fingerprint density at radius 1 is 1.09 bits per heavy atom. The van der Waals surface area contributed by atoms with E-state index in [9.17, 15) is 4.79 Å². The predicted molar refractivity (Wildman–Crippen MR) is 93.5 cm³/mol. The summed E-state index contributed by atoms with van der Waals surface area (Å²) in [6.45, 7) is 6.63. The number of hydrogen-bond donors (Lipinski definition) is 0. The van der Waals surface area contributed by atoms with Gasteiger partial charge in [0.05, 0.1) is 0 Å². The standard InChI is InChI=1S/C20H25NO2/c1-5-19(23-18-12-15(2)11-16(3)13-18)20(22)21(4)14-17-9-7-6-8-10-17/h6-13,19H,5,14H2,1-4H3. The summed E-state index contributed by atoms with van der Waals surface area (Å²) in [5, 5.41) is 0. The first-order valence-electron chi connectivity index (χ1n) is 8.03. The minimum atomic E-state index is -0.454. The SMILES string of the molecule is CCC(Oc1cc(C)cc(C)c1)C(=O)N(C)Cc1ccccc1. The zero-order valence-corrected chi connectivity index (χ0v) is 14.4. The smallest absolute Gasteiger partial charge is 0.263 e. The van der Waals surface area contributed by atoms with E-state index >= 15 is 0 Å². The maximum Gasteiger partial charge on any atom is 0.263 e. The molecule has 0 bridgehead atoms. The van der Waals surface area contributed by atoms with Gasteiger partial charge in [-0.05, 0) is 49.1 Å². The molecule has 0 radical (unpaired) electrons. The van der Waals surface area contributed by atoms with Crippen LogP contribution in [0, 0.1) is 13.8 Å². The molecular weight excluding hydrogens is 286 g/mol. The summed E-state index contributed by atoms with van der Waals surface area (Å²) in [6.07, 6.45) is 0.190. The van der Waals surface area contributed by atoms with Crippen molar-refractivity contribution in [1.82, 2.24) is 4.90 Å². The van der Waals surface area contributed by atoms with Crippen molar-refractivity contribution in [3.63, 3.8) is 0 Å². The topological polar surface area (TPSA) is 29.5 Å². The van der Waals surface area contributed by atoms with Gasteiger partial charge in [0.2, 0.25) is 0 Å². The second kappa shape index (κ2) is 7.82. The number of hydrogen-bond acceptors (Lipinski definition) is 2. The van der Waals surface area contributed by atoms with Crippen molar-refractivity contribution < 1.29 is 9.53 Å². The van der Waals surface area contributed by atoms with E-state index in [1.807, 2.05) is 70.3 Å². The normalized spacial score (nSPS) is 11.8. The summed E-state index contributed by atoms with van der Waals surface area (Å²) >= 11 is 0. The van der Waals surface area contributed by atoms with Crippen molar-refractivity contribution in [2.24, 2.45) is 0 Å². The maximum absolute atomic E-state index is 12.7. The first-order chi connectivity index (χ1) is 11.0. The number of rotatable bonds is 6. The van der Waals surface area contributed by atoms with Crippen LogP contribution in [0.5, 0.6) is 5.75 Å². The first kappa shape index (κ1) is 17.1. The number of carbonyl (C=O) groups excluding carboxylic acids is 1. The Morgan fingerprint density at radius 3 is 2.26 bits per heavy atom. The zero-order valence-electron chi connectivity index (χ0n) is 14.4. The van der Waals surface area contributed by atoms with E-state index in [-0.39, 0.29) is 5.91 Å². The van der Waals surface area contributed by atoms with Gasteiger partial charge in [-0.2, -0.15) is 0 Å². The van der Waals surface area contributed by atoms with Crippen molar-refractivity contribution in [2.75, 3.05) is 7.05 Å². The molecule has 0 heterocycles. The Bertz CT molecular complexity index is 632. The van der Waals surface area contributed by atoms with Crippen LogP contribution in [0.3, 0.4) is 0 Å². The van der Waals surface area contributed by atoms with Crippen molar-refractivity contribution in [2.45, 2.75) is 39.8 Å². The van der Waals surface area contributed by atoms with Crippen molar-refractivity contribution in [3.05, 3.63) is 65.2 Å². The number of benzene rings is 2. The average molecular weight is 311 g/mol. The van der Waals surface area contributed by atoms with E-state index in [1.54, 1.807) is 4.90 Å². The summed E-state index contributed by atoms with van der Waals surface area (Å²) in [7, 11) is 1.82. The Morgan fingerprint density at radius 2 is 1.70 bits per heavy atom. The highest BCUT2D eigenvalue weighted by molar-refractivity contribution is 5.81. The largest absolute Gasteiger partial charge is 0.481 e. The fourth-order valence-corrected chi connectivity index (χ4v) is 2.65. The predicted octanol–water partition coefficient (Wildman–Crippen LogP) is 4.12. The third kappa shape index (κ3) is 4.85. The van der Waals surface area contributed by atoms with E-state index in [1.165, 1.54) is 0 Å². The van der Waals surface area contributed by atoms with Crippen LogP contribution in [0.25, 0.3) is 0 Å². The molecule has 1 unspecified atom stereocenters. The van der Waals surface area contributed by atoms with Crippen LogP contribution >= 0.6 is 0 Å². The van der Waals surface area contributed by atoms with Crippen LogP contribution < -0.4 is 4.74 Å². The molecule has 0 spiro atoms. The Kier molecular flexibility index (Phi) is 5.80. The highest BCUT2D eigenvalue weighted by Crippen LogP contribution is 2.19. The van der Waals surface area contributed by atoms with E-state index in [0.717, 1.165) is 22.4 Å². The highest BCUT2D eigenvalue weighted by Gasteiger charge is 2.22. The molecule has 122 valence electrons. The molecule has 1 amide bonds. The van der Waals surface area contributed by atoms with Crippen LogP contribution in [0.1, 0.15) is 30.0 Å². The Hall–Kier alpha value is -2.29. The van der Waals surface area contributed by atoms with Gasteiger partial charge in [-0.3, -0.25) is 4.79 Å². The molecule has 0 aliphatic heterocycles. The van der Waals surface area contributed by atoms with Crippen LogP contribution in [-0.2, 0) is 11.3 Å². The minimum Gasteiger partial charge on any atom is -0.481 e. The third-order valence-corrected chi connectivity index (χ3v) is 3.76. The van der Waals surface area contributed by atoms with Gasteiger partial charge in [0.25, 0.3) is 5.91 Å². The monoisotopic (exact) mass is 311 g/mol. The highest BCUT2D eigenvalue weighted by atomic mass is 16.5. The molecule has 0 aliphatic rings. The minimum absolute atomic E-state index is 0.00973. The lowest BCUT2D eigenvalue weighted by Gasteiger charge is -2.24. The van der Waals surface area contributed by atoms with Gasteiger partial charge >= 0.3 is 0 Å². The number of carbonyl (C=O) groups is 1. The molecule has 3 nitrogen and oxygen atoms in total. The van der Waals surface area contributed by atoms with E-state index in [4.69, 9.17) is 4.74 Å². The number of likely N-dealkylation sites (N-methyl/N-ethyl adjacent to an activating group) is 1. The Labute approximate surface area is 138 Å². The summed E-state index contributed by atoms with van der Waals surface area (Å²) in [4.78, 5) is 14.4. The molecule has 3 heteroatoms. The van der Waals surface area contributed by atoms with Gasteiger partial charge in [-0.15, -0.1) is 0 Å². The van der Waals surface area contributed by atoms with Gasteiger partial charge in [0.15, 0.2) is 6.10 Å². The molecule has 0 saturated heterocycles. The fourth-order valence-electron chi connectivity index (χ4n) is 2.65. The molecule has 2 rings (SSSR count). The summed E-state index contributed by atoms with van der Waals surface area (Å²) < 4.78 is 5.95. The molecule has 23 heavy (non-hydrogen) atoms.